The maximum atomic E-state index is 3.46. The fourth-order valence-corrected chi connectivity index (χ4v) is 2.22. The predicted molar refractivity (Wildman–Crippen MR) is 81.2 cm³/mol. The molecule has 0 radical (unpaired) electrons. The Labute approximate surface area is 112 Å². The highest BCUT2D eigenvalue weighted by atomic mass is 15.1. The quantitative estimate of drug-likeness (QED) is 0.630. The van der Waals surface area contributed by atoms with Crippen LogP contribution >= 0.6 is 0 Å². The molecule has 0 heterocycles. The lowest BCUT2D eigenvalue weighted by Gasteiger charge is -2.20. The average molecular weight is 248 g/mol. The van der Waals surface area contributed by atoms with Gasteiger partial charge < -0.3 is 10.2 Å². The Morgan fingerprint density at radius 1 is 0.889 bits per heavy atom. The summed E-state index contributed by atoms with van der Waals surface area (Å²) in [6.45, 7) is 9.35. The van der Waals surface area contributed by atoms with Gasteiger partial charge >= 0.3 is 0 Å². The average Bonchev–Trinajstić information content (AvgIpc) is 2.40. The summed E-state index contributed by atoms with van der Waals surface area (Å²) in [6.07, 6.45) is 5.07. The van der Waals surface area contributed by atoms with Crippen LogP contribution in [0.4, 0.5) is 5.69 Å². The van der Waals surface area contributed by atoms with Crippen molar-refractivity contribution in [2.24, 2.45) is 0 Å². The molecule has 0 aliphatic carbocycles. The lowest BCUT2D eigenvalue weighted by Crippen LogP contribution is -2.26. The van der Waals surface area contributed by atoms with E-state index in [1.54, 1.807) is 0 Å². The van der Waals surface area contributed by atoms with Gasteiger partial charge in [0.1, 0.15) is 0 Å². The summed E-state index contributed by atoms with van der Waals surface area (Å²) in [7, 11) is 0. The molecule has 0 saturated heterocycles. The van der Waals surface area contributed by atoms with Gasteiger partial charge in [0, 0.05) is 12.2 Å². The number of anilines is 1. The van der Waals surface area contributed by atoms with E-state index < -0.39 is 0 Å². The minimum Gasteiger partial charge on any atom is -0.385 e. The summed E-state index contributed by atoms with van der Waals surface area (Å²) in [5, 5.41) is 3.46. The van der Waals surface area contributed by atoms with Gasteiger partial charge in [-0.3, -0.25) is 0 Å². The van der Waals surface area contributed by atoms with Crippen molar-refractivity contribution in [1.82, 2.24) is 4.90 Å². The molecule has 0 fully saturated rings. The van der Waals surface area contributed by atoms with Crippen LogP contribution in [0.2, 0.25) is 0 Å². The van der Waals surface area contributed by atoms with E-state index >= 15 is 0 Å². The molecule has 0 aromatic heterocycles. The third-order valence-corrected chi connectivity index (χ3v) is 3.08. The topological polar surface area (TPSA) is 15.3 Å². The van der Waals surface area contributed by atoms with Crippen molar-refractivity contribution in [3.63, 3.8) is 0 Å². The van der Waals surface area contributed by atoms with Gasteiger partial charge in [0.15, 0.2) is 0 Å². The molecule has 1 rings (SSSR count). The first kappa shape index (κ1) is 15.0. The van der Waals surface area contributed by atoms with Crippen molar-refractivity contribution in [2.75, 3.05) is 31.5 Å². The molecule has 0 atom stereocenters. The maximum Gasteiger partial charge on any atom is 0.0340 e. The number of nitrogens with zero attached hydrogens (tertiary/aromatic N) is 1. The Balaban J connectivity index is 2.06. The fraction of sp³-hybridized carbons (Fsp3) is 0.625. The van der Waals surface area contributed by atoms with Crippen LogP contribution in [0.1, 0.15) is 39.5 Å². The van der Waals surface area contributed by atoms with Crippen molar-refractivity contribution in [3.05, 3.63) is 30.3 Å². The minimum atomic E-state index is 1.08. The molecular weight excluding hydrogens is 220 g/mol. The highest BCUT2D eigenvalue weighted by Crippen LogP contribution is 2.05. The SMILES string of the molecule is CCCN(CCC)CCCCNc1ccccc1. The Hall–Kier alpha value is -1.02. The zero-order chi connectivity index (χ0) is 13.1. The van der Waals surface area contributed by atoms with Crippen molar-refractivity contribution in [3.8, 4) is 0 Å². The molecule has 0 saturated carbocycles. The lowest BCUT2D eigenvalue weighted by molar-refractivity contribution is 0.270. The molecule has 1 aromatic rings. The van der Waals surface area contributed by atoms with E-state index in [9.17, 15) is 0 Å². The van der Waals surface area contributed by atoms with Gasteiger partial charge in [0.05, 0.1) is 0 Å². The van der Waals surface area contributed by atoms with Crippen LogP contribution in [0.5, 0.6) is 0 Å². The van der Waals surface area contributed by atoms with Crippen molar-refractivity contribution in [1.29, 1.82) is 0 Å². The second-order valence-corrected chi connectivity index (χ2v) is 4.84. The number of nitrogens with one attached hydrogen (secondary N) is 1. The summed E-state index contributed by atoms with van der Waals surface area (Å²) in [5.74, 6) is 0. The second kappa shape index (κ2) is 9.95. The Morgan fingerprint density at radius 3 is 2.17 bits per heavy atom. The minimum absolute atomic E-state index is 1.08. The Morgan fingerprint density at radius 2 is 1.56 bits per heavy atom. The summed E-state index contributed by atoms with van der Waals surface area (Å²) in [5.41, 5.74) is 1.23. The predicted octanol–water partition coefficient (Wildman–Crippen LogP) is 4.00. The third-order valence-electron chi connectivity index (χ3n) is 3.08. The fourth-order valence-electron chi connectivity index (χ4n) is 2.22. The van der Waals surface area contributed by atoms with Gasteiger partial charge in [-0.15, -0.1) is 0 Å². The van der Waals surface area contributed by atoms with Crippen LogP contribution < -0.4 is 5.32 Å². The number of benzene rings is 1. The molecule has 18 heavy (non-hydrogen) atoms. The molecule has 0 unspecified atom stereocenters. The van der Waals surface area contributed by atoms with Crippen LogP contribution in [0.15, 0.2) is 30.3 Å². The molecule has 0 aliphatic rings. The molecule has 0 spiro atoms. The van der Waals surface area contributed by atoms with Crippen LogP contribution in [0.3, 0.4) is 0 Å². The summed E-state index contributed by atoms with van der Waals surface area (Å²) in [4.78, 5) is 2.59. The normalized spacial score (nSPS) is 10.8. The smallest absolute Gasteiger partial charge is 0.0340 e. The van der Waals surface area contributed by atoms with Crippen LogP contribution in [0, 0.1) is 0 Å². The zero-order valence-corrected chi connectivity index (χ0v) is 12.0. The first-order valence-electron chi connectivity index (χ1n) is 7.38. The van der Waals surface area contributed by atoms with E-state index in [1.807, 2.05) is 0 Å². The summed E-state index contributed by atoms with van der Waals surface area (Å²) < 4.78 is 0. The highest BCUT2D eigenvalue weighted by Gasteiger charge is 2.01. The van der Waals surface area contributed by atoms with Gasteiger partial charge in [-0.05, 0) is 57.5 Å². The Bertz CT molecular complexity index is 278. The third kappa shape index (κ3) is 6.65. The molecule has 1 aromatic carbocycles. The van der Waals surface area contributed by atoms with Crippen molar-refractivity contribution < 1.29 is 0 Å². The number of rotatable bonds is 10. The molecule has 2 nitrogen and oxygen atoms in total. The maximum absolute atomic E-state index is 3.46. The monoisotopic (exact) mass is 248 g/mol. The van der Waals surface area contributed by atoms with Crippen LogP contribution in [-0.2, 0) is 0 Å². The van der Waals surface area contributed by atoms with E-state index in [2.05, 4.69) is 54.4 Å². The number of hydrogen-bond donors (Lipinski definition) is 1. The molecular formula is C16H28N2. The van der Waals surface area contributed by atoms with Crippen LogP contribution in [-0.4, -0.2) is 31.1 Å². The number of unbranched alkanes of at least 4 members (excludes halogenated alkanes) is 1. The van der Waals surface area contributed by atoms with Crippen molar-refractivity contribution >= 4 is 5.69 Å². The molecule has 0 aliphatic heterocycles. The standard InChI is InChI=1S/C16H28N2/c1-3-13-18(14-4-2)15-9-8-12-17-16-10-6-5-7-11-16/h5-7,10-11,17H,3-4,8-9,12-15H2,1-2H3. The summed E-state index contributed by atoms with van der Waals surface area (Å²) >= 11 is 0. The second-order valence-electron chi connectivity index (χ2n) is 4.84. The molecule has 2 heteroatoms. The van der Waals surface area contributed by atoms with E-state index in [0.29, 0.717) is 0 Å². The summed E-state index contributed by atoms with van der Waals surface area (Å²) in [6, 6.07) is 10.5. The molecule has 0 bridgehead atoms. The van der Waals surface area contributed by atoms with Gasteiger partial charge in [-0.25, -0.2) is 0 Å². The van der Waals surface area contributed by atoms with E-state index in [0.717, 1.165) is 6.54 Å². The number of para-hydroxylation sites is 1. The largest absolute Gasteiger partial charge is 0.385 e. The molecule has 102 valence electrons. The Kier molecular flexibility index (Phi) is 8.32. The van der Waals surface area contributed by atoms with Gasteiger partial charge in [-0.2, -0.15) is 0 Å². The van der Waals surface area contributed by atoms with E-state index in [4.69, 9.17) is 0 Å². The van der Waals surface area contributed by atoms with Crippen molar-refractivity contribution in [2.45, 2.75) is 39.5 Å². The first-order valence-corrected chi connectivity index (χ1v) is 7.38. The number of hydrogen-bond acceptors (Lipinski definition) is 2. The highest BCUT2D eigenvalue weighted by molar-refractivity contribution is 5.42. The molecule has 1 N–H and O–H groups in total. The first-order chi connectivity index (χ1) is 8.86. The zero-order valence-electron chi connectivity index (χ0n) is 12.0. The van der Waals surface area contributed by atoms with Gasteiger partial charge in [0.25, 0.3) is 0 Å². The van der Waals surface area contributed by atoms with E-state index in [-0.39, 0.29) is 0 Å². The van der Waals surface area contributed by atoms with Gasteiger partial charge in [-0.1, -0.05) is 32.0 Å². The van der Waals surface area contributed by atoms with Gasteiger partial charge in [0.2, 0.25) is 0 Å². The van der Waals surface area contributed by atoms with E-state index in [1.165, 1.54) is 51.0 Å². The molecule has 0 amide bonds. The lowest BCUT2D eigenvalue weighted by atomic mass is 10.2. The van der Waals surface area contributed by atoms with Crippen LogP contribution in [0.25, 0.3) is 0 Å².